The molecule has 0 unspecified atom stereocenters. The second kappa shape index (κ2) is 9.97. The summed E-state index contributed by atoms with van der Waals surface area (Å²) < 4.78 is 61.9. The minimum atomic E-state index is -4.99. The van der Waals surface area contributed by atoms with Crippen LogP contribution in [0.5, 0.6) is 17.2 Å². The summed E-state index contributed by atoms with van der Waals surface area (Å²) in [7, 11) is 0. The lowest BCUT2D eigenvalue weighted by Gasteiger charge is -2.15. The van der Waals surface area contributed by atoms with Crippen LogP contribution in [0.15, 0.2) is 45.6 Å². The van der Waals surface area contributed by atoms with Crippen molar-refractivity contribution in [3.8, 4) is 17.2 Å². The summed E-state index contributed by atoms with van der Waals surface area (Å²) in [6, 6.07) is 8.72. The topological polar surface area (TPSA) is 75.0 Å². The van der Waals surface area contributed by atoms with Gasteiger partial charge in [0.15, 0.2) is 6.61 Å². The Bertz CT molecular complexity index is 1210. The van der Waals surface area contributed by atoms with E-state index in [-0.39, 0.29) is 29.1 Å². The van der Waals surface area contributed by atoms with Gasteiger partial charge in [-0.2, -0.15) is 13.2 Å². The lowest BCUT2D eigenvalue weighted by Crippen LogP contribution is -2.16. The number of ether oxygens (including phenoxy) is 3. The molecule has 0 amide bonds. The van der Waals surface area contributed by atoms with Crippen LogP contribution in [-0.4, -0.2) is 19.2 Å². The van der Waals surface area contributed by atoms with E-state index in [1.807, 2.05) is 6.92 Å². The number of carbonyl (C=O) groups excluding carboxylic acids is 1. The molecule has 0 aliphatic carbocycles. The molecule has 176 valence electrons. The van der Waals surface area contributed by atoms with Crippen molar-refractivity contribution in [2.24, 2.45) is 0 Å². The number of unbranched alkanes of at least 4 members (excludes halogenated alkanes) is 1. The van der Waals surface area contributed by atoms with Crippen molar-refractivity contribution in [2.75, 3.05) is 13.2 Å². The van der Waals surface area contributed by atoms with Gasteiger partial charge in [-0.25, -0.2) is 4.79 Å². The third kappa shape index (κ3) is 5.85. The van der Waals surface area contributed by atoms with E-state index < -0.39 is 35.7 Å². The summed E-state index contributed by atoms with van der Waals surface area (Å²) in [4.78, 5) is 24.6. The standard InChI is InChI=1S/C24H23F3O6/c1-4-5-10-30-20(28)13-31-16-8-9-17-19(12-16)33-23(24(25,26)27)22(21(17)29)32-18-11-14(2)6-7-15(18)3/h6-9,11-12H,4-5,10,13H2,1-3H3. The van der Waals surface area contributed by atoms with E-state index in [4.69, 9.17) is 18.6 Å². The SMILES string of the molecule is CCCCOC(=O)COc1ccc2c(=O)c(Oc3cc(C)ccc3C)c(C(F)(F)F)oc2c1. The molecule has 0 spiro atoms. The number of hydrogen-bond donors (Lipinski definition) is 0. The van der Waals surface area contributed by atoms with Crippen LogP contribution in [0.1, 0.15) is 36.7 Å². The second-order valence-electron chi connectivity index (χ2n) is 7.48. The van der Waals surface area contributed by atoms with Crippen LogP contribution in [0.3, 0.4) is 0 Å². The Morgan fingerprint density at radius 1 is 1.09 bits per heavy atom. The smallest absolute Gasteiger partial charge is 0.453 e. The molecule has 2 aromatic carbocycles. The minimum absolute atomic E-state index is 0.0504. The average molecular weight is 464 g/mol. The Hall–Kier alpha value is -3.49. The monoisotopic (exact) mass is 464 g/mol. The van der Waals surface area contributed by atoms with Gasteiger partial charge in [-0.1, -0.05) is 25.5 Å². The molecule has 0 atom stereocenters. The molecule has 0 saturated carbocycles. The Morgan fingerprint density at radius 3 is 2.55 bits per heavy atom. The van der Waals surface area contributed by atoms with Crippen molar-refractivity contribution >= 4 is 16.9 Å². The number of aryl methyl sites for hydroxylation is 2. The molecule has 0 N–H and O–H groups in total. The van der Waals surface area contributed by atoms with Crippen molar-refractivity contribution in [2.45, 2.75) is 39.8 Å². The van der Waals surface area contributed by atoms with Gasteiger partial charge in [0.05, 0.1) is 12.0 Å². The number of fused-ring (bicyclic) bond motifs is 1. The van der Waals surface area contributed by atoms with Gasteiger partial charge in [0.25, 0.3) is 5.76 Å². The Morgan fingerprint density at radius 2 is 1.85 bits per heavy atom. The van der Waals surface area contributed by atoms with E-state index in [9.17, 15) is 22.8 Å². The molecule has 0 bridgehead atoms. The molecular formula is C24H23F3O6. The predicted octanol–water partition coefficient (Wildman–Crippen LogP) is 5.94. The maximum Gasteiger partial charge on any atom is 0.453 e. The molecule has 3 aromatic rings. The van der Waals surface area contributed by atoms with Crippen LogP contribution in [0.2, 0.25) is 0 Å². The fraction of sp³-hybridized carbons (Fsp3) is 0.333. The number of rotatable bonds is 8. The molecule has 0 aliphatic heterocycles. The zero-order valence-electron chi connectivity index (χ0n) is 18.4. The van der Waals surface area contributed by atoms with Crippen LogP contribution in [0.4, 0.5) is 13.2 Å². The highest BCUT2D eigenvalue weighted by Gasteiger charge is 2.40. The highest BCUT2D eigenvalue weighted by atomic mass is 19.4. The first-order chi connectivity index (χ1) is 15.6. The van der Waals surface area contributed by atoms with Gasteiger partial charge < -0.3 is 18.6 Å². The third-order valence-corrected chi connectivity index (χ3v) is 4.75. The second-order valence-corrected chi connectivity index (χ2v) is 7.48. The molecule has 0 fully saturated rings. The zero-order chi connectivity index (χ0) is 24.2. The molecule has 0 aliphatic rings. The lowest BCUT2D eigenvalue weighted by atomic mass is 10.1. The van der Waals surface area contributed by atoms with Crippen LogP contribution >= 0.6 is 0 Å². The first kappa shape index (κ1) is 24.2. The van der Waals surface area contributed by atoms with E-state index in [0.29, 0.717) is 12.0 Å². The van der Waals surface area contributed by atoms with E-state index >= 15 is 0 Å². The Kier molecular flexibility index (Phi) is 7.30. The molecule has 6 nitrogen and oxygen atoms in total. The molecule has 33 heavy (non-hydrogen) atoms. The van der Waals surface area contributed by atoms with Gasteiger partial charge in [0.1, 0.15) is 17.1 Å². The first-order valence-electron chi connectivity index (χ1n) is 10.3. The molecule has 9 heteroatoms. The van der Waals surface area contributed by atoms with Gasteiger partial charge >= 0.3 is 12.1 Å². The number of esters is 1. The molecule has 1 heterocycles. The molecule has 0 radical (unpaired) electrons. The predicted molar refractivity (Wildman–Crippen MR) is 115 cm³/mol. The normalized spacial score (nSPS) is 11.5. The van der Waals surface area contributed by atoms with Gasteiger partial charge in [-0.3, -0.25) is 4.79 Å². The summed E-state index contributed by atoms with van der Waals surface area (Å²) in [6.07, 6.45) is -3.42. The zero-order valence-corrected chi connectivity index (χ0v) is 18.4. The average Bonchev–Trinajstić information content (AvgIpc) is 2.75. The van der Waals surface area contributed by atoms with Crippen molar-refractivity contribution in [1.82, 2.24) is 0 Å². The lowest BCUT2D eigenvalue weighted by molar-refractivity contribution is -0.154. The van der Waals surface area contributed by atoms with Crippen molar-refractivity contribution in [3.63, 3.8) is 0 Å². The molecule has 1 aromatic heterocycles. The van der Waals surface area contributed by atoms with Crippen molar-refractivity contribution in [3.05, 3.63) is 63.5 Å². The van der Waals surface area contributed by atoms with E-state index in [1.54, 1.807) is 26.0 Å². The van der Waals surface area contributed by atoms with Gasteiger partial charge in [-0.15, -0.1) is 0 Å². The first-order valence-corrected chi connectivity index (χ1v) is 10.3. The Balaban J connectivity index is 1.96. The van der Waals surface area contributed by atoms with Crippen LogP contribution in [0.25, 0.3) is 11.0 Å². The number of halogens is 3. The van der Waals surface area contributed by atoms with Gasteiger partial charge in [0.2, 0.25) is 11.2 Å². The van der Waals surface area contributed by atoms with Crippen molar-refractivity contribution < 1.29 is 36.6 Å². The van der Waals surface area contributed by atoms with Gasteiger partial charge in [0, 0.05) is 6.07 Å². The Labute approximate surface area is 187 Å². The van der Waals surface area contributed by atoms with Gasteiger partial charge in [-0.05, 0) is 49.6 Å². The maximum absolute atomic E-state index is 13.7. The summed E-state index contributed by atoms with van der Waals surface area (Å²) in [6.45, 7) is 5.17. The summed E-state index contributed by atoms with van der Waals surface area (Å²) in [5.41, 5.74) is -0.0142. The molecular weight excluding hydrogens is 441 g/mol. The third-order valence-electron chi connectivity index (χ3n) is 4.75. The summed E-state index contributed by atoms with van der Waals surface area (Å²) in [5.74, 6) is -2.95. The molecule has 3 rings (SSSR count). The highest BCUT2D eigenvalue weighted by Crippen LogP contribution is 2.39. The van der Waals surface area contributed by atoms with E-state index in [0.717, 1.165) is 18.1 Å². The number of alkyl halides is 3. The number of carbonyl (C=O) groups is 1. The van der Waals surface area contributed by atoms with E-state index in [1.165, 1.54) is 18.2 Å². The summed E-state index contributed by atoms with van der Waals surface area (Å²) >= 11 is 0. The number of benzene rings is 2. The van der Waals surface area contributed by atoms with Crippen LogP contribution in [-0.2, 0) is 15.7 Å². The van der Waals surface area contributed by atoms with E-state index in [2.05, 4.69) is 0 Å². The fourth-order valence-corrected chi connectivity index (χ4v) is 2.97. The van der Waals surface area contributed by atoms with Crippen LogP contribution in [0, 0.1) is 13.8 Å². The largest absolute Gasteiger partial charge is 0.482 e. The fourth-order valence-electron chi connectivity index (χ4n) is 2.97. The molecule has 0 saturated heterocycles. The summed E-state index contributed by atoms with van der Waals surface area (Å²) in [5, 5.41) is -0.124. The number of hydrogen-bond acceptors (Lipinski definition) is 6. The van der Waals surface area contributed by atoms with Crippen molar-refractivity contribution in [1.29, 1.82) is 0 Å². The highest BCUT2D eigenvalue weighted by molar-refractivity contribution is 5.80. The minimum Gasteiger partial charge on any atom is -0.482 e. The quantitative estimate of drug-likeness (QED) is 0.303. The van der Waals surface area contributed by atoms with Crippen LogP contribution < -0.4 is 14.9 Å². The maximum atomic E-state index is 13.7.